The Bertz CT molecular complexity index is 324. The predicted octanol–water partition coefficient (Wildman–Crippen LogP) is 4.61. The molecule has 0 saturated heterocycles. The number of anilines is 1. The van der Waals surface area contributed by atoms with Crippen molar-refractivity contribution in [2.45, 2.75) is 25.3 Å². The Balaban J connectivity index is 2.22. The summed E-state index contributed by atoms with van der Waals surface area (Å²) in [4.78, 5) is 0. The van der Waals surface area contributed by atoms with Crippen molar-refractivity contribution in [2.75, 3.05) is 5.32 Å². The van der Waals surface area contributed by atoms with Crippen LogP contribution in [0.15, 0.2) is 12.1 Å². The van der Waals surface area contributed by atoms with Gasteiger partial charge in [0.25, 0.3) is 0 Å². The van der Waals surface area contributed by atoms with Gasteiger partial charge < -0.3 is 5.32 Å². The Kier molecular flexibility index (Phi) is 3.10. The molecule has 0 heterocycles. The molecule has 1 aliphatic rings. The molecule has 0 unspecified atom stereocenters. The van der Waals surface area contributed by atoms with E-state index in [2.05, 4.69) is 5.32 Å². The molecule has 0 aromatic heterocycles. The van der Waals surface area contributed by atoms with Crippen LogP contribution in [0.4, 0.5) is 5.69 Å². The normalized spacial score (nSPS) is 16.5. The molecule has 1 aromatic carbocycles. The van der Waals surface area contributed by atoms with E-state index < -0.39 is 0 Å². The molecule has 0 aliphatic heterocycles. The van der Waals surface area contributed by atoms with E-state index in [4.69, 9.17) is 34.8 Å². The number of rotatable bonds is 2. The van der Waals surface area contributed by atoms with Crippen LogP contribution in [0, 0.1) is 0 Å². The summed E-state index contributed by atoms with van der Waals surface area (Å²) < 4.78 is 0. The second-order valence-corrected chi connectivity index (χ2v) is 4.77. The van der Waals surface area contributed by atoms with E-state index in [1.165, 1.54) is 19.3 Å². The Morgan fingerprint density at radius 3 is 2.07 bits per heavy atom. The first-order valence-electron chi connectivity index (χ1n) is 4.58. The molecular formula is C10H10Cl3N. The van der Waals surface area contributed by atoms with Crippen molar-refractivity contribution in [1.82, 2.24) is 0 Å². The van der Waals surface area contributed by atoms with E-state index in [0.29, 0.717) is 21.1 Å². The van der Waals surface area contributed by atoms with E-state index in [9.17, 15) is 0 Å². The summed E-state index contributed by atoms with van der Waals surface area (Å²) in [5, 5.41) is 5.07. The Morgan fingerprint density at radius 1 is 1.07 bits per heavy atom. The lowest BCUT2D eigenvalue weighted by molar-refractivity contribution is 0.445. The van der Waals surface area contributed by atoms with Crippen LogP contribution in [0.3, 0.4) is 0 Å². The van der Waals surface area contributed by atoms with Crippen LogP contribution in [0.25, 0.3) is 0 Å². The van der Waals surface area contributed by atoms with Gasteiger partial charge in [-0.15, -0.1) is 0 Å². The molecule has 1 aliphatic carbocycles. The largest absolute Gasteiger partial charge is 0.380 e. The van der Waals surface area contributed by atoms with E-state index in [1.807, 2.05) is 0 Å². The van der Waals surface area contributed by atoms with Crippen molar-refractivity contribution >= 4 is 40.5 Å². The van der Waals surface area contributed by atoms with Gasteiger partial charge >= 0.3 is 0 Å². The van der Waals surface area contributed by atoms with Crippen LogP contribution in [-0.4, -0.2) is 6.04 Å². The first kappa shape index (κ1) is 10.4. The minimum Gasteiger partial charge on any atom is -0.380 e. The summed E-state index contributed by atoms with van der Waals surface area (Å²) >= 11 is 17.9. The van der Waals surface area contributed by atoms with Gasteiger partial charge in [-0.1, -0.05) is 34.8 Å². The third-order valence-electron chi connectivity index (χ3n) is 2.46. The Morgan fingerprint density at radius 2 is 1.64 bits per heavy atom. The zero-order chi connectivity index (χ0) is 10.1. The highest BCUT2D eigenvalue weighted by atomic mass is 35.5. The predicted molar refractivity (Wildman–Crippen MR) is 62.7 cm³/mol. The maximum absolute atomic E-state index is 6.03. The lowest BCUT2D eigenvalue weighted by Crippen LogP contribution is -2.27. The molecule has 1 saturated carbocycles. The van der Waals surface area contributed by atoms with E-state index in [0.717, 1.165) is 5.69 Å². The van der Waals surface area contributed by atoms with Crippen LogP contribution >= 0.6 is 34.8 Å². The minimum atomic E-state index is 0.520. The second kappa shape index (κ2) is 4.18. The Hall–Kier alpha value is -0.110. The van der Waals surface area contributed by atoms with Gasteiger partial charge in [-0.25, -0.2) is 0 Å². The zero-order valence-electron chi connectivity index (χ0n) is 7.49. The smallest absolute Gasteiger partial charge is 0.0722 e. The fraction of sp³-hybridized carbons (Fsp3) is 0.400. The number of benzene rings is 1. The summed E-state index contributed by atoms with van der Waals surface area (Å²) in [5.74, 6) is 0. The van der Waals surface area contributed by atoms with Gasteiger partial charge in [0, 0.05) is 11.1 Å². The molecule has 4 heteroatoms. The molecule has 76 valence electrons. The lowest BCUT2D eigenvalue weighted by Gasteiger charge is -2.28. The first-order chi connectivity index (χ1) is 6.66. The topological polar surface area (TPSA) is 12.0 Å². The van der Waals surface area contributed by atoms with Crippen molar-refractivity contribution in [2.24, 2.45) is 0 Å². The SMILES string of the molecule is Clc1cc(Cl)c(NC2CCC2)c(Cl)c1. The summed E-state index contributed by atoms with van der Waals surface area (Å²) in [6, 6.07) is 3.93. The highest BCUT2D eigenvalue weighted by Gasteiger charge is 2.19. The lowest BCUT2D eigenvalue weighted by atomic mass is 9.93. The third-order valence-corrected chi connectivity index (χ3v) is 3.27. The molecule has 2 rings (SSSR count). The highest BCUT2D eigenvalue weighted by Crippen LogP contribution is 2.36. The van der Waals surface area contributed by atoms with Crippen LogP contribution in [0.1, 0.15) is 19.3 Å². The van der Waals surface area contributed by atoms with Crippen LogP contribution in [-0.2, 0) is 0 Å². The third kappa shape index (κ3) is 2.10. The molecule has 14 heavy (non-hydrogen) atoms. The number of nitrogens with one attached hydrogen (secondary N) is 1. The second-order valence-electron chi connectivity index (χ2n) is 3.52. The molecule has 0 bridgehead atoms. The summed E-state index contributed by atoms with van der Waals surface area (Å²) in [6.45, 7) is 0. The molecule has 1 aromatic rings. The van der Waals surface area contributed by atoms with Gasteiger partial charge in [0.2, 0.25) is 0 Å². The molecule has 1 N–H and O–H groups in total. The van der Waals surface area contributed by atoms with Crippen molar-refractivity contribution in [1.29, 1.82) is 0 Å². The average Bonchev–Trinajstić information content (AvgIpc) is 1.98. The van der Waals surface area contributed by atoms with Crippen LogP contribution < -0.4 is 5.32 Å². The molecule has 0 spiro atoms. The van der Waals surface area contributed by atoms with Gasteiger partial charge in [-0.3, -0.25) is 0 Å². The minimum absolute atomic E-state index is 0.520. The molecule has 0 amide bonds. The summed E-state index contributed by atoms with van der Waals surface area (Å²) in [6.07, 6.45) is 3.66. The molecule has 1 nitrogen and oxygen atoms in total. The van der Waals surface area contributed by atoms with E-state index in [-0.39, 0.29) is 0 Å². The monoisotopic (exact) mass is 249 g/mol. The van der Waals surface area contributed by atoms with Crippen molar-refractivity contribution in [3.05, 3.63) is 27.2 Å². The van der Waals surface area contributed by atoms with Gasteiger partial charge in [0.05, 0.1) is 15.7 Å². The molecule has 1 fully saturated rings. The first-order valence-corrected chi connectivity index (χ1v) is 5.71. The summed E-state index contributed by atoms with van der Waals surface area (Å²) in [7, 11) is 0. The van der Waals surface area contributed by atoms with Crippen LogP contribution in [0.2, 0.25) is 15.1 Å². The quantitative estimate of drug-likeness (QED) is 0.808. The molecular weight excluding hydrogens is 240 g/mol. The number of hydrogen-bond acceptors (Lipinski definition) is 1. The van der Waals surface area contributed by atoms with Gasteiger partial charge in [-0.05, 0) is 31.4 Å². The van der Waals surface area contributed by atoms with Crippen LogP contribution in [0.5, 0.6) is 0 Å². The fourth-order valence-corrected chi connectivity index (χ4v) is 2.36. The van der Waals surface area contributed by atoms with Gasteiger partial charge in [-0.2, -0.15) is 0 Å². The molecule has 0 atom stereocenters. The van der Waals surface area contributed by atoms with Gasteiger partial charge in [0.15, 0.2) is 0 Å². The molecule has 0 radical (unpaired) electrons. The summed E-state index contributed by atoms with van der Waals surface area (Å²) in [5.41, 5.74) is 0.808. The standard InChI is InChI=1S/C10H10Cl3N/c11-6-4-8(12)10(9(13)5-6)14-7-2-1-3-7/h4-5,7,14H,1-3H2. The maximum Gasteiger partial charge on any atom is 0.0722 e. The van der Waals surface area contributed by atoms with E-state index >= 15 is 0 Å². The zero-order valence-corrected chi connectivity index (χ0v) is 9.76. The van der Waals surface area contributed by atoms with Gasteiger partial charge in [0.1, 0.15) is 0 Å². The highest BCUT2D eigenvalue weighted by molar-refractivity contribution is 6.41. The average molecular weight is 251 g/mol. The van der Waals surface area contributed by atoms with Crippen molar-refractivity contribution in [3.8, 4) is 0 Å². The van der Waals surface area contributed by atoms with Crippen molar-refractivity contribution < 1.29 is 0 Å². The fourth-order valence-electron chi connectivity index (χ4n) is 1.44. The Labute approximate surface area is 98.3 Å². The van der Waals surface area contributed by atoms with E-state index in [1.54, 1.807) is 12.1 Å². The number of hydrogen-bond donors (Lipinski definition) is 1. The number of halogens is 3. The van der Waals surface area contributed by atoms with Crippen molar-refractivity contribution in [3.63, 3.8) is 0 Å². The maximum atomic E-state index is 6.03.